The van der Waals surface area contributed by atoms with E-state index in [-0.39, 0.29) is 6.04 Å². The van der Waals surface area contributed by atoms with E-state index in [4.69, 9.17) is 11.6 Å². The van der Waals surface area contributed by atoms with Gasteiger partial charge in [0.15, 0.2) is 0 Å². The molecule has 1 aromatic carbocycles. The quantitative estimate of drug-likeness (QED) is 0.581. The normalized spacial score (nSPS) is 14.7. The molecule has 0 aliphatic rings. The first kappa shape index (κ1) is 11.3. The molecule has 1 aromatic rings. The lowest BCUT2D eigenvalue weighted by atomic mass is 10.1. The maximum Gasteiger partial charge on any atom is 0.0506 e. The second kappa shape index (κ2) is 5.84. The average molecular weight is 210 g/mol. The molecule has 0 radical (unpaired) electrons. The van der Waals surface area contributed by atoms with Gasteiger partial charge >= 0.3 is 0 Å². The SMILES string of the molecule is C=CC(NC(C)CCl)c1ccccc1. The molecule has 0 saturated heterocycles. The zero-order valence-electron chi connectivity index (χ0n) is 8.41. The van der Waals surface area contributed by atoms with E-state index in [9.17, 15) is 0 Å². The van der Waals surface area contributed by atoms with Crippen LogP contribution in [0.2, 0.25) is 0 Å². The summed E-state index contributed by atoms with van der Waals surface area (Å²) in [6, 6.07) is 10.7. The number of halogens is 1. The fourth-order valence-corrected chi connectivity index (χ4v) is 1.40. The molecule has 2 heteroatoms. The van der Waals surface area contributed by atoms with Gasteiger partial charge in [0, 0.05) is 11.9 Å². The van der Waals surface area contributed by atoms with Gasteiger partial charge in [0.05, 0.1) is 6.04 Å². The van der Waals surface area contributed by atoms with Crippen molar-refractivity contribution in [3.05, 3.63) is 48.6 Å². The Labute approximate surface area is 90.8 Å². The fourth-order valence-electron chi connectivity index (χ4n) is 1.31. The maximum atomic E-state index is 5.74. The van der Waals surface area contributed by atoms with Crippen LogP contribution in [0.25, 0.3) is 0 Å². The van der Waals surface area contributed by atoms with E-state index in [2.05, 4.69) is 31.0 Å². The Hall–Kier alpha value is -0.790. The van der Waals surface area contributed by atoms with Crippen LogP contribution >= 0.6 is 11.6 Å². The van der Waals surface area contributed by atoms with Crippen LogP contribution in [-0.4, -0.2) is 11.9 Å². The van der Waals surface area contributed by atoms with E-state index in [1.165, 1.54) is 5.56 Å². The maximum absolute atomic E-state index is 5.74. The molecular weight excluding hydrogens is 194 g/mol. The number of hydrogen-bond donors (Lipinski definition) is 1. The molecular formula is C12H16ClN. The van der Waals surface area contributed by atoms with E-state index >= 15 is 0 Å². The van der Waals surface area contributed by atoms with E-state index in [1.807, 2.05) is 24.3 Å². The zero-order valence-corrected chi connectivity index (χ0v) is 9.17. The van der Waals surface area contributed by atoms with Crippen LogP contribution in [0.1, 0.15) is 18.5 Å². The van der Waals surface area contributed by atoms with Gasteiger partial charge in [0.2, 0.25) is 0 Å². The lowest BCUT2D eigenvalue weighted by molar-refractivity contribution is 0.544. The lowest BCUT2D eigenvalue weighted by Gasteiger charge is -2.19. The van der Waals surface area contributed by atoms with Crippen LogP contribution in [0.3, 0.4) is 0 Å². The summed E-state index contributed by atoms with van der Waals surface area (Å²) in [5, 5.41) is 3.38. The van der Waals surface area contributed by atoms with Crippen LogP contribution in [0.5, 0.6) is 0 Å². The molecule has 1 nitrogen and oxygen atoms in total. The first-order chi connectivity index (χ1) is 6.77. The minimum Gasteiger partial charge on any atom is -0.303 e. The molecule has 0 heterocycles. The standard InChI is InChI=1S/C12H16ClN/c1-3-12(14-10(2)9-13)11-7-5-4-6-8-11/h3-8,10,12,14H,1,9H2,2H3. The Bertz CT molecular complexity index is 271. The van der Waals surface area contributed by atoms with Crippen LogP contribution in [0.15, 0.2) is 43.0 Å². The summed E-state index contributed by atoms with van der Waals surface area (Å²) in [4.78, 5) is 0. The summed E-state index contributed by atoms with van der Waals surface area (Å²) < 4.78 is 0. The highest BCUT2D eigenvalue weighted by Gasteiger charge is 2.09. The van der Waals surface area contributed by atoms with Gasteiger partial charge in [0.25, 0.3) is 0 Å². The number of alkyl halides is 1. The summed E-state index contributed by atoms with van der Waals surface area (Å²) in [6.45, 7) is 5.88. The Balaban J connectivity index is 2.68. The zero-order chi connectivity index (χ0) is 10.4. The van der Waals surface area contributed by atoms with Gasteiger partial charge in [-0.1, -0.05) is 36.4 Å². The molecule has 1 rings (SSSR count). The minimum atomic E-state index is 0.185. The number of benzene rings is 1. The molecule has 76 valence electrons. The lowest BCUT2D eigenvalue weighted by Crippen LogP contribution is -2.30. The highest BCUT2D eigenvalue weighted by atomic mass is 35.5. The highest BCUT2D eigenvalue weighted by molar-refractivity contribution is 6.18. The average Bonchev–Trinajstić information content (AvgIpc) is 2.26. The first-order valence-corrected chi connectivity index (χ1v) is 5.31. The van der Waals surface area contributed by atoms with Crippen molar-refractivity contribution in [1.29, 1.82) is 0 Å². The summed E-state index contributed by atoms with van der Waals surface area (Å²) in [5.41, 5.74) is 1.22. The second-order valence-corrected chi connectivity index (χ2v) is 3.65. The molecule has 0 spiro atoms. The van der Waals surface area contributed by atoms with Crippen LogP contribution < -0.4 is 5.32 Å². The second-order valence-electron chi connectivity index (χ2n) is 3.35. The largest absolute Gasteiger partial charge is 0.303 e. The summed E-state index contributed by atoms with van der Waals surface area (Å²) in [6.07, 6.45) is 1.90. The van der Waals surface area contributed by atoms with Crippen molar-refractivity contribution in [2.24, 2.45) is 0 Å². The third kappa shape index (κ3) is 3.17. The Kier molecular flexibility index (Phi) is 4.71. The fraction of sp³-hybridized carbons (Fsp3) is 0.333. The minimum absolute atomic E-state index is 0.185. The number of hydrogen-bond acceptors (Lipinski definition) is 1. The van der Waals surface area contributed by atoms with E-state index in [1.54, 1.807) is 0 Å². The van der Waals surface area contributed by atoms with Gasteiger partial charge in [0.1, 0.15) is 0 Å². The summed E-state index contributed by atoms with van der Waals surface area (Å²) >= 11 is 5.74. The molecule has 0 amide bonds. The Morgan fingerprint density at radius 2 is 2.07 bits per heavy atom. The molecule has 1 N–H and O–H groups in total. The van der Waals surface area contributed by atoms with Crippen molar-refractivity contribution in [3.8, 4) is 0 Å². The molecule has 0 saturated carbocycles. The Morgan fingerprint density at radius 3 is 2.57 bits per heavy atom. The molecule has 0 bridgehead atoms. The van der Waals surface area contributed by atoms with Crippen molar-refractivity contribution < 1.29 is 0 Å². The van der Waals surface area contributed by atoms with Gasteiger partial charge in [-0.3, -0.25) is 0 Å². The molecule has 14 heavy (non-hydrogen) atoms. The first-order valence-electron chi connectivity index (χ1n) is 4.77. The predicted molar refractivity (Wildman–Crippen MR) is 62.7 cm³/mol. The van der Waals surface area contributed by atoms with Crippen molar-refractivity contribution in [3.63, 3.8) is 0 Å². The molecule has 2 atom stereocenters. The van der Waals surface area contributed by atoms with E-state index in [0.29, 0.717) is 11.9 Å². The van der Waals surface area contributed by atoms with Gasteiger partial charge in [-0.05, 0) is 12.5 Å². The van der Waals surface area contributed by atoms with Crippen molar-refractivity contribution in [2.75, 3.05) is 5.88 Å². The van der Waals surface area contributed by atoms with E-state index in [0.717, 1.165) is 0 Å². The van der Waals surface area contributed by atoms with Gasteiger partial charge in [-0.25, -0.2) is 0 Å². The highest BCUT2D eigenvalue weighted by Crippen LogP contribution is 2.14. The number of nitrogens with one attached hydrogen (secondary N) is 1. The van der Waals surface area contributed by atoms with Gasteiger partial charge in [-0.2, -0.15) is 0 Å². The topological polar surface area (TPSA) is 12.0 Å². The van der Waals surface area contributed by atoms with Gasteiger partial charge < -0.3 is 5.32 Å². The molecule has 2 unspecified atom stereocenters. The smallest absolute Gasteiger partial charge is 0.0506 e. The van der Waals surface area contributed by atoms with Crippen molar-refractivity contribution in [1.82, 2.24) is 5.32 Å². The summed E-state index contributed by atoms with van der Waals surface area (Å²) in [5.74, 6) is 0.608. The third-order valence-corrected chi connectivity index (χ3v) is 2.55. The molecule has 0 aromatic heterocycles. The van der Waals surface area contributed by atoms with Crippen LogP contribution in [-0.2, 0) is 0 Å². The predicted octanol–water partition coefficient (Wildman–Crippen LogP) is 3.13. The van der Waals surface area contributed by atoms with Gasteiger partial charge in [-0.15, -0.1) is 18.2 Å². The van der Waals surface area contributed by atoms with Crippen LogP contribution in [0, 0.1) is 0 Å². The number of rotatable bonds is 5. The molecule has 0 aliphatic heterocycles. The Morgan fingerprint density at radius 1 is 1.43 bits per heavy atom. The van der Waals surface area contributed by atoms with Crippen molar-refractivity contribution >= 4 is 11.6 Å². The molecule has 0 fully saturated rings. The monoisotopic (exact) mass is 209 g/mol. The van der Waals surface area contributed by atoms with Crippen molar-refractivity contribution in [2.45, 2.75) is 19.0 Å². The summed E-state index contributed by atoms with van der Waals surface area (Å²) in [7, 11) is 0. The third-order valence-electron chi connectivity index (χ3n) is 2.09. The van der Waals surface area contributed by atoms with Crippen LogP contribution in [0.4, 0.5) is 0 Å². The van der Waals surface area contributed by atoms with E-state index < -0.39 is 0 Å². The molecule has 0 aliphatic carbocycles.